The van der Waals surface area contributed by atoms with E-state index in [-0.39, 0.29) is 0 Å². The lowest BCUT2D eigenvalue weighted by atomic mass is 9.81. The lowest BCUT2D eigenvalue weighted by Gasteiger charge is -2.25. The summed E-state index contributed by atoms with van der Waals surface area (Å²) in [5.41, 5.74) is 7.18. The molecule has 4 heteroatoms. The van der Waals surface area contributed by atoms with Crippen molar-refractivity contribution in [3.05, 3.63) is 70.8 Å². The van der Waals surface area contributed by atoms with E-state index in [2.05, 4.69) is 65.8 Å². The Morgan fingerprint density at radius 2 is 1.08 bits per heavy atom. The van der Waals surface area contributed by atoms with Crippen LogP contribution in [0.15, 0.2) is 58.8 Å². The molecule has 0 radical (unpaired) electrons. The largest absolute Gasteiger partial charge is 0.395 e. The quantitative estimate of drug-likeness (QED) is 0.166. The van der Waals surface area contributed by atoms with E-state index in [1.165, 1.54) is 94.6 Å². The SMILES string of the molecule is C/C(=N/OCC1CCCC(CO/N=C(\C)c2ccc(CC3CCC3)cc2)CC1)c1ccc(C2CCCC2)cc1. The standard InChI is InChI=1S/C35H48N2O2/c1-26(32-17-15-29(16-18-32)23-28-7-5-8-28)36-38-24-30-9-6-10-31(14-13-30)25-39-37-27(2)33-19-21-35(22-20-33)34-11-3-4-12-34/h15-22,28,30-31,34H,3-14,23-25H2,1-2H3/b36-26+,37-27-. The highest BCUT2D eigenvalue weighted by molar-refractivity contribution is 5.98. The van der Waals surface area contributed by atoms with Gasteiger partial charge in [0.1, 0.15) is 13.2 Å². The molecular formula is C35H48N2O2. The Hall–Kier alpha value is -2.62. The maximum Gasteiger partial charge on any atom is 0.120 e. The fraction of sp³-hybridized carbons (Fsp3) is 0.600. The van der Waals surface area contributed by atoms with Crippen molar-refractivity contribution in [2.45, 2.75) is 103 Å². The van der Waals surface area contributed by atoms with Crippen molar-refractivity contribution < 1.29 is 9.68 Å². The Labute approximate surface area is 236 Å². The van der Waals surface area contributed by atoms with E-state index >= 15 is 0 Å². The van der Waals surface area contributed by atoms with Crippen molar-refractivity contribution in [1.82, 2.24) is 0 Å². The van der Waals surface area contributed by atoms with Gasteiger partial charge >= 0.3 is 0 Å². The molecule has 3 fully saturated rings. The lowest BCUT2D eigenvalue weighted by molar-refractivity contribution is 0.0917. The molecule has 0 heterocycles. The fourth-order valence-corrected chi connectivity index (χ4v) is 6.54. The zero-order chi connectivity index (χ0) is 26.9. The van der Waals surface area contributed by atoms with Crippen molar-refractivity contribution >= 4 is 11.4 Å². The highest BCUT2D eigenvalue weighted by Crippen LogP contribution is 2.34. The molecule has 2 aromatic carbocycles. The zero-order valence-corrected chi connectivity index (χ0v) is 24.2. The Kier molecular flexibility index (Phi) is 10.1. The zero-order valence-electron chi connectivity index (χ0n) is 24.2. The van der Waals surface area contributed by atoms with E-state index in [1.54, 1.807) is 0 Å². The highest BCUT2D eigenvalue weighted by Gasteiger charge is 2.21. The van der Waals surface area contributed by atoms with Crippen molar-refractivity contribution in [1.29, 1.82) is 0 Å². The molecular weight excluding hydrogens is 480 g/mol. The van der Waals surface area contributed by atoms with Gasteiger partial charge in [0.15, 0.2) is 0 Å². The first-order chi connectivity index (χ1) is 19.1. The molecule has 0 aliphatic heterocycles. The number of hydrogen-bond donors (Lipinski definition) is 0. The van der Waals surface area contributed by atoms with Crippen LogP contribution in [0.2, 0.25) is 0 Å². The van der Waals surface area contributed by atoms with Gasteiger partial charge in [-0.05, 0) is 105 Å². The van der Waals surface area contributed by atoms with Crippen LogP contribution < -0.4 is 0 Å². The van der Waals surface area contributed by atoms with Gasteiger partial charge in [-0.15, -0.1) is 0 Å². The van der Waals surface area contributed by atoms with Crippen molar-refractivity contribution in [3.8, 4) is 0 Å². The van der Waals surface area contributed by atoms with Gasteiger partial charge in [-0.3, -0.25) is 0 Å². The van der Waals surface area contributed by atoms with E-state index in [1.807, 2.05) is 6.92 Å². The van der Waals surface area contributed by atoms with Crippen LogP contribution in [-0.2, 0) is 16.1 Å². The Morgan fingerprint density at radius 1 is 0.590 bits per heavy atom. The average molecular weight is 529 g/mol. The Morgan fingerprint density at radius 3 is 1.59 bits per heavy atom. The van der Waals surface area contributed by atoms with Crippen LogP contribution >= 0.6 is 0 Å². The third-order valence-corrected chi connectivity index (χ3v) is 9.51. The third-order valence-electron chi connectivity index (χ3n) is 9.51. The summed E-state index contributed by atoms with van der Waals surface area (Å²) in [5, 5.41) is 8.92. The second-order valence-electron chi connectivity index (χ2n) is 12.5. The van der Waals surface area contributed by atoms with Crippen LogP contribution in [0.25, 0.3) is 0 Å². The first-order valence-corrected chi connectivity index (χ1v) is 15.7. The summed E-state index contributed by atoms with van der Waals surface area (Å²) in [6, 6.07) is 17.9. The first-order valence-electron chi connectivity index (χ1n) is 15.7. The summed E-state index contributed by atoms with van der Waals surface area (Å²) >= 11 is 0. The van der Waals surface area contributed by atoms with Crippen molar-refractivity contribution in [3.63, 3.8) is 0 Å². The molecule has 2 unspecified atom stereocenters. The van der Waals surface area contributed by atoms with Gasteiger partial charge in [0.2, 0.25) is 0 Å². The molecule has 210 valence electrons. The third kappa shape index (κ3) is 8.19. The number of oxime groups is 2. The molecule has 3 saturated carbocycles. The molecule has 5 rings (SSSR count). The van der Waals surface area contributed by atoms with E-state index in [0.717, 1.165) is 34.4 Å². The van der Waals surface area contributed by atoms with Gasteiger partial charge in [-0.25, -0.2) is 0 Å². The smallest absolute Gasteiger partial charge is 0.120 e. The van der Waals surface area contributed by atoms with Gasteiger partial charge in [-0.1, -0.05) is 97.4 Å². The molecule has 4 nitrogen and oxygen atoms in total. The minimum Gasteiger partial charge on any atom is -0.395 e. The predicted octanol–water partition coefficient (Wildman–Crippen LogP) is 9.06. The summed E-state index contributed by atoms with van der Waals surface area (Å²) in [6.45, 7) is 5.52. The van der Waals surface area contributed by atoms with Gasteiger partial charge < -0.3 is 9.68 Å². The van der Waals surface area contributed by atoms with Gasteiger partial charge in [0.05, 0.1) is 11.4 Å². The van der Waals surface area contributed by atoms with Crippen LogP contribution in [0, 0.1) is 17.8 Å². The summed E-state index contributed by atoms with van der Waals surface area (Å²) in [5.74, 6) is 2.80. The van der Waals surface area contributed by atoms with E-state index < -0.39 is 0 Å². The Bertz CT molecular complexity index is 1080. The second kappa shape index (κ2) is 14.1. The maximum absolute atomic E-state index is 5.85. The number of rotatable bonds is 11. The molecule has 39 heavy (non-hydrogen) atoms. The van der Waals surface area contributed by atoms with Gasteiger partial charge in [0, 0.05) is 0 Å². The summed E-state index contributed by atoms with van der Waals surface area (Å²) in [7, 11) is 0. The summed E-state index contributed by atoms with van der Waals surface area (Å²) in [6.07, 6.45) is 16.8. The molecule has 0 saturated heterocycles. The lowest BCUT2D eigenvalue weighted by Crippen LogP contribution is -2.13. The number of benzene rings is 2. The van der Waals surface area contributed by atoms with Crippen molar-refractivity contribution in [2.24, 2.45) is 28.1 Å². The predicted molar refractivity (Wildman–Crippen MR) is 162 cm³/mol. The molecule has 0 bridgehead atoms. The second-order valence-corrected chi connectivity index (χ2v) is 12.5. The van der Waals surface area contributed by atoms with Gasteiger partial charge in [-0.2, -0.15) is 0 Å². The van der Waals surface area contributed by atoms with Crippen LogP contribution in [0.4, 0.5) is 0 Å². The number of nitrogens with zero attached hydrogens (tertiary/aromatic N) is 2. The maximum atomic E-state index is 5.85. The Balaban J connectivity index is 1.01. The van der Waals surface area contributed by atoms with E-state index in [9.17, 15) is 0 Å². The average Bonchev–Trinajstić information content (AvgIpc) is 3.39. The van der Waals surface area contributed by atoms with E-state index in [4.69, 9.17) is 9.68 Å². The summed E-state index contributed by atoms with van der Waals surface area (Å²) < 4.78 is 0. The highest BCUT2D eigenvalue weighted by atomic mass is 16.6. The van der Waals surface area contributed by atoms with Crippen LogP contribution in [0.1, 0.15) is 119 Å². The fourth-order valence-electron chi connectivity index (χ4n) is 6.54. The molecule has 3 aliphatic carbocycles. The van der Waals surface area contributed by atoms with Gasteiger partial charge in [0.25, 0.3) is 0 Å². The molecule has 0 N–H and O–H groups in total. The normalized spacial score (nSPS) is 23.3. The minimum absolute atomic E-state index is 0.569. The summed E-state index contributed by atoms with van der Waals surface area (Å²) in [4.78, 5) is 11.7. The molecule has 0 amide bonds. The monoisotopic (exact) mass is 528 g/mol. The molecule has 2 atom stereocenters. The molecule has 0 spiro atoms. The van der Waals surface area contributed by atoms with Crippen LogP contribution in [-0.4, -0.2) is 24.6 Å². The number of hydrogen-bond acceptors (Lipinski definition) is 4. The first kappa shape index (κ1) is 27.9. The van der Waals surface area contributed by atoms with E-state index in [0.29, 0.717) is 25.0 Å². The van der Waals surface area contributed by atoms with Crippen LogP contribution in [0.3, 0.4) is 0 Å². The minimum atomic E-state index is 0.569. The van der Waals surface area contributed by atoms with Crippen LogP contribution in [0.5, 0.6) is 0 Å². The molecule has 3 aliphatic rings. The molecule has 2 aromatic rings. The van der Waals surface area contributed by atoms with Crippen molar-refractivity contribution in [2.75, 3.05) is 13.2 Å². The molecule has 0 aromatic heterocycles. The topological polar surface area (TPSA) is 43.2 Å².